The molecule has 0 aliphatic heterocycles. The number of thiazole rings is 1. The molecule has 1 aromatic heterocycles. The molecule has 0 fully saturated rings. The van der Waals surface area contributed by atoms with Crippen molar-refractivity contribution in [3.63, 3.8) is 0 Å². The minimum atomic E-state index is 0.732. The van der Waals surface area contributed by atoms with E-state index >= 15 is 0 Å². The number of aromatic nitrogens is 1. The molecular formula is C16H23N3OS. The fraction of sp³-hybridized carbons (Fsp3) is 0.438. The van der Waals surface area contributed by atoms with Crippen LogP contribution in [0, 0.1) is 6.92 Å². The number of hydrogen-bond acceptors (Lipinski definition) is 5. The molecule has 0 saturated heterocycles. The highest BCUT2D eigenvalue weighted by Crippen LogP contribution is 2.29. The molecule has 0 spiro atoms. The van der Waals surface area contributed by atoms with E-state index < -0.39 is 0 Å². The number of anilines is 2. The van der Waals surface area contributed by atoms with E-state index in [9.17, 15) is 0 Å². The summed E-state index contributed by atoms with van der Waals surface area (Å²) in [7, 11) is 1.72. The first kappa shape index (κ1) is 15.9. The van der Waals surface area contributed by atoms with E-state index in [4.69, 9.17) is 4.74 Å². The van der Waals surface area contributed by atoms with Gasteiger partial charge in [0.1, 0.15) is 0 Å². The summed E-state index contributed by atoms with van der Waals surface area (Å²) in [6.07, 6.45) is 1.96. The molecule has 2 rings (SSSR count). The Balaban J connectivity index is 2.04. The fourth-order valence-corrected chi connectivity index (χ4v) is 3.08. The summed E-state index contributed by atoms with van der Waals surface area (Å²) in [5, 5.41) is 4.40. The lowest BCUT2D eigenvalue weighted by Gasteiger charge is -2.20. The maximum Gasteiger partial charge on any atom is 0.190 e. The molecule has 21 heavy (non-hydrogen) atoms. The number of hydrogen-bond donors (Lipinski definition) is 1. The van der Waals surface area contributed by atoms with Gasteiger partial charge in [-0.2, -0.15) is 0 Å². The maximum atomic E-state index is 5.03. The number of nitrogens with zero attached hydrogens (tertiary/aromatic N) is 2. The van der Waals surface area contributed by atoms with Gasteiger partial charge in [0.15, 0.2) is 5.13 Å². The van der Waals surface area contributed by atoms with Crippen LogP contribution in [-0.2, 0) is 11.3 Å². The topological polar surface area (TPSA) is 37.4 Å². The molecule has 114 valence electrons. The van der Waals surface area contributed by atoms with Gasteiger partial charge in [-0.25, -0.2) is 4.98 Å². The highest BCUT2D eigenvalue weighted by molar-refractivity contribution is 7.15. The van der Waals surface area contributed by atoms with Crippen LogP contribution < -0.4 is 10.2 Å². The van der Waals surface area contributed by atoms with Crippen LogP contribution in [0.5, 0.6) is 0 Å². The average Bonchev–Trinajstić information content (AvgIpc) is 2.93. The standard InChI is InChI=1S/C16H23N3OS/c1-4-19(14-7-5-6-13(2)10-14)16-18-12-15(21-16)11-17-8-9-20-3/h5-7,10,12,17H,4,8-9,11H2,1-3H3. The molecule has 0 aliphatic rings. The number of ether oxygens (including phenoxy) is 1. The third kappa shape index (κ3) is 4.52. The molecule has 4 nitrogen and oxygen atoms in total. The molecule has 0 atom stereocenters. The predicted molar refractivity (Wildman–Crippen MR) is 89.6 cm³/mol. The Kier molecular flexibility index (Phi) is 6.17. The van der Waals surface area contributed by atoms with E-state index in [0.717, 1.165) is 31.4 Å². The lowest BCUT2D eigenvalue weighted by molar-refractivity contribution is 0.199. The number of nitrogens with one attached hydrogen (secondary N) is 1. The molecule has 2 aromatic rings. The van der Waals surface area contributed by atoms with E-state index in [2.05, 4.69) is 53.3 Å². The van der Waals surface area contributed by atoms with Gasteiger partial charge in [0.05, 0.1) is 6.61 Å². The lowest BCUT2D eigenvalue weighted by Crippen LogP contribution is -2.17. The molecular weight excluding hydrogens is 282 g/mol. The van der Waals surface area contributed by atoms with Crippen molar-refractivity contribution < 1.29 is 4.74 Å². The third-order valence-corrected chi connectivity index (χ3v) is 4.20. The Morgan fingerprint density at radius 3 is 2.95 bits per heavy atom. The minimum Gasteiger partial charge on any atom is -0.383 e. The van der Waals surface area contributed by atoms with Gasteiger partial charge in [-0.3, -0.25) is 0 Å². The van der Waals surface area contributed by atoms with Crippen molar-refractivity contribution in [2.75, 3.05) is 31.7 Å². The molecule has 1 heterocycles. The molecule has 0 bridgehead atoms. The summed E-state index contributed by atoms with van der Waals surface area (Å²) in [4.78, 5) is 8.05. The molecule has 1 aromatic carbocycles. The Morgan fingerprint density at radius 1 is 1.38 bits per heavy atom. The SMILES string of the molecule is CCN(c1cccc(C)c1)c1ncc(CNCCOC)s1. The van der Waals surface area contributed by atoms with E-state index in [-0.39, 0.29) is 0 Å². The zero-order valence-electron chi connectivity index (χ0n) is 12.9. The Bertz CT molecular complexity index is 556. The fourth-order valence-electron chi connectivity index (χ4n) is 2.11. The first-order valence-electron chi connectivity index (χ1n) is 7.23. The smallest absolute Gasteiger partial charge is 0.190 e. The molecule has 0 saturated carbocycles. The monoisotopic (exact) mass is 305 g/mol. The summed E-state index contributed by atoms with van der Waals surface area (Å²) in [6, 6.07) is 8.54. The van der Waals surface area contributed by atoms with Crippen molar-refractivity contribution in [1.82, 2.24) is 10.3 Å². The van der Waals surface area contributed by atoms with E-state index in [1.165, 1.54) is 16.1 Å². The molecule has 0 aliphatic carbocycles. The first-order valence-corrected chi connectivity index (χ1v) is 8.04. The Labute approximate surface area is 130 Å². The van der Waals surface area contributed by atoms with Crippen LogP contribution in [0.1, 0.15) is 17.4 Å². The zero-order valence-corrected chi connectivity index (χ0v) is 13.7. The van der Waals surface area contributed by atoms with Crippen LogP contribution in [0.25, 0.3) is 0 Å². The van der Waals surface area contributed by atoms with Crippen molar-refractivity contribution in [1.29, 1.82) is 0 Å². The van der Waals surface area contributed by atoms with Gasteiger partial charge < -0.3 is 15.0 Å². The van der Waals surface area contributed by atoms with Crippen molar-refractivity contribution in [2.24, 2.45) is 0 Å². The van der Waals surface area contributed by atoms with E-state index in [0.29, 0.717) is 0 Å². The number of rotatable bonds is 8. The predicted octanol–water partition coefficient (Wildman–Crippen LogP) is 3.35. The molecule has 0 unspecified atom stereocenters. The van der Waals surface area contributed by atoms with Crippen LogP contribution in [0.3, 0.4) is 0 Å². The second-order valence-corrected chi connectivity index (χ2v) is 5.96. The Hall–Kier alpha value is -1.43. The minimum absolute atomic E-state index is 0.732. The lowest BCUT2D eigenvalue weighted by atomic mass is 10.2. The van der Waals surface area contributed by atoms with E-state index in [1.807, 2.05) is 6.20 Å². The molecule has 0 radical (unpaired) electrons. The number of methoxy groups -OCH3 is 1. The second kappa shape index (κ2) is 8.12. The van der Waals surface area contributed by atoms with Gasteiger partial charge in [-0.1, -0.05) is 12.1 Å². The van der Waals surface area contributed by atoms with Gasteiger partial charge in [-0.15, -0.1) is 11.3 Å². The van der Waals surface area contributed by atoms with Crippen LogP contribution in [0.2, 0.25) is 0 Å². The highest BCUT2D eigenvalue weighted by atomic mass is 32.1. The first-order chi connectivity index (χ1) is 10.2. The highest BCUT2D eigenvalue weighted by Gasteiger charge is 2.11. The van der Waals surface area contributed by atoms with E-state index in [1.54, 1.807) is 18.4 Å². The van der Waals surface area contributed by atoms with Crippen molar-refractivity contribution in [2.45, 2.75) is 20.4 Å². The van der Waals surface area contributed by atoms with Crippen LogP contribution >= 0.6 is 11.3 Å². The van der Waals surface area contributed by atoms with Crippen molar-refractivity contribution in [3.05, 3.63) is 40.9 Å². The number of aryl methyl sites for hydroxylation is 1. The van der Waals surface area contributed by atoms with Gasteiger partial charge in [-0.05, 0) is 31.5 Å². The normalized spacial score (nSPS) is 10.8. The average molecular weight is 305 g/mol. The molecule has 0 amide bonds. The number of benzene rings is 1. The van der Waals surface area contributed by atoms with Gasteiger partial charge in [0.2, 0.25) is 0 Å². The largest absolute Gasteiger partial charge is 0.383 e. The van der Waals surface area contributed by atoms with Crippen LogP contribution in [0.15, 0.2) is 30.5 Å². The summed E-state index contributed by atoms with van der Waals surface area (Å²) >= 11 is 1.74. The Morgan fingerprint density at radius 2 is 2.24 bits per heavy atom. The maximum absolute atomic E-state index is 5.03. The zero-order chi connectivity index (χ0) is 15.1. The van der Waals surface area contributed by atoms with Gasteiger partial charge in [0, 0.05) is 43.5 Å². The van der Waals surface area contributed by atoms with Crippen molar-refractivity contribution >= 4 is 22.2 Å². The third-order valence-electron chi connectivity index (χ3n) is 3.18. The van der Waals surface area contributed by atoms with Gasteiger partial charge >= 0.3 is 0 Å². The molecule has 5 heteroatoms. The second-order valence-electron chi connectivity index (χ2n) is 4.86. The van der Waals surface area contributed by atoms with Gasteiger partial charge in [0.25, 0.3) is 0 Å². The summed E-state index contributed by atoms with van der Waals surface area (Å²) in [6.45, 7) is 7.61. The molecule has 1 N–H and O–H groups in total. The summed E-state index contributed by atoms with van der Waals surface area (Å²) in [5.74, 6) is 0. The van der Waals surface area contributed by atoms with Crippen LogP contribution in [-0.4, -0.2) is 31.8 Å². The van der Waals surface area contributed by atoms with Crippen LogP contribution in [0.4, 0.5) is 10.8 Å². The summed E-state index contributed by atoms with van der Waals surface area (Å²) in [5.41, 5.74) is 2.47. The summed E-state index contributed by atoms with van der Waals surface area (Å²) < 4.78 is 5.03. The quantitative estimate of drug-likeness (QED) is 0.759. The van der Waals surface area contributed by atoms with Crippen molar-refractivity contribution in [3.8, 4) is 0 Å².